The van der Waals surface area contributed by atoms with Gasteiger partial charge in [-0.3, -0.25) is 4.79 Å². The van der Waals surface area contributed by atoms with E-state index in [-0.39, 0.29) is 0 Å². The molecular formula is C14H12ClNO3S. The number of benzene rings is 1. The van der Waals surface area contributed by atoms with Crippen molar-refractivity contribution in [2.24, 2.45) is 0 Å². The Hall–Kier alpha value is -1.85. The number of hydrogen-bond acceptors (Lipinski definition) is 3. The molecule has 1 aromatic heterocycles. The van der Waals surface area contributed by atoms with Crippen molar-refractivity contribution in [1.82, 2.24) is 5.32 Å². The third kappa shape index (κ3) is 2.69. The number of hydrogen-bond donors (Lipinski definition) is 2. The Morgan fingerprint density at radius 1 is 1.25 bits per heavy atom. The molecule has 0 aliphatic rings. The molecule has 1 heterocycles. The molecule has 20 heavy (non-hydrogen) atoms. The number of carboxylic acid groups (broad SMARTS) is 1. The number of thiophene rings is 1. The van der Waals surface area contributed by atoms with E-state index in [0.717, 1.165) is 0 Å². The van der Waals surface area contributed by atoms with Gasteiger partial charge in [-0.15, -0.1) is 11.3 Å². The maximum absolute atomic E-state index is 12.2. The van der Waals surface area contributed by atoms with Crippen LogP contribution in [-0.2, 0) is 10.3 Å². The van der Waals surface area contributed by atoms with Crippen LogP contribution in [0.5, 0.6) is 0 Å². The van der Waals surface area contributed by atoms with Gasteiger partial charge in [-0.2, -0.15) is 0 Å². The van der Waals surface area contributed by atoms with E-state index in [1.54, 1.807) is 41.8 Å². The van der Waals surface area contributed by atoms with Gasteiger partial charge in [0, 0.05) is 0 Å². The molecule has 0 aliphatic heterocycles. The predicted molar refractivity (Wildman–Crippen MR) is 78.2 cm³/mol. The molecule has 1 amide bonds. The molecule has 2 N–H and O–H groups in total. The van der Waals surface area contributed by atoms with E-state index in [1.807, 2.05) is 0 Å². The SMILES string of the molecule is CC(NC(=O)c1sccc1Cl)(C(=O)O)c1ccccc1. The lowest BCUT2D eigenvalue weighted by Crippen LogP contribution is -2.49. The van der Waals surface area contributed by atoms with Crippen LogP contribution in [0, 0.1) is 0 Å². The molecule has 0 spiro atoms. The van der Waals surface area contributed by atoms with E-state index in [2.05, 4.69) is 5.32 Å². The Labute approximate surface area is 125 Å². The average molecular weight is 310 g/mol. The molecule has 1 aromatic carbocycles. The van der Waals surface area contributed by atoms with Crippen LogP contribution in [0.15, 0.2) is 41.8 Å². The van der Waals surface area contributed by atoms with Gasteiger partial charge in [0.05, 0.1) is 5.02 Å². The molecular weight excluding hydrogens is 298 g/mol. The van der Waals surface area contributed by atoms with E-state index < -0.39 is 17.4 Å². The topological polar surface area (TPSA) is 66.4 Å². The van der Waals surface area contributed by atoms with Crippen LogP contribution in [0.3, 0.4) is 0 Å². The smallest absolute Gasteiger partial charge is 0.333 e. The second-order valence-electron chi connectivity index (χ2n) is 4.35. The average Bonchev–Trinajstić information content (AvgIpc) is 2.85. The van der Waals surface area contributed by atoms with Crippen LogP contribution in [0.2, 0.25) is 5.02 Å². The van der Waals surface area contributed by atoms with Gasteiger partial charge in [0.1, 0.15) is 4.88 Å². The lowest BCUT2D eigenvalue weighted by Gasteiger charge is -2.26. The monoisotopic (exact) mass is 309 g/mol. The zero-order valence-corrected chi connectivity index (χ0v) is 12.2. The first-order chi connectivity index (χ1) is 9.45. The molecule has 4 nitrogen and oxygen atoms in total. The van der Waals surface area contributed by atoms with Gasteiger partial charge < -0.3 is 10.4 Å². The summed E-state index contributed by atoms with van der Waals surface area (Å²) in [6.45, 7) is 1.45. The molecule has 104 valence electrons. The highest BCUT2D eigenvalue weighted by Gasteiger charge is 2.37. The van der Waals surface area contributed by atoms with Crippen LogP contribution >= 0.6 is 22.9 Å². The van der Waals surface area contributed by atoms with Crippen molar-refractivity contribution in [3.05, 3.63) is 57.2 Å². The Morgan fingerprint density at radius 3 is 2.40 bits per heavy atom. The lowest BCUT2D eigenvalue weighted by molar-refractivity contribution is -0.144. The summed E-state index contributed by atoms with van der Waals surface area (Å²) in [4.78, 5) is 24.0. The highest BCUT2D eigenvalue weighted by molar-refractivity contribution is 7.12. The zero-order valence-electron chi connectivity index (χ0n) is 10.6. The van der Waals surface area contributed by atoms with Gasteiger partial charge in [0.15, 0.2) is 5.54 Å². The fourth-order valence-corrected chi connectivity index (χ4v) is 2.80. The van der Waals surface area contributed by atoms with E-state index >= 15 is 0 Å². The fourth-order valence-electron chi connectivity index (χ4n) is 1.76. The first-order valence-corrected chi connectivity index (χ1v) is 7.05. The Kier molecular flexibility index (Phi) is 4.11. The van der Waals surface area contributed by atoms with Gasteiger partial charge in [-0.05, 0) is 23.9 Å². The van der Waals surface area contributed by atoms with Crippen LogP contribution < -0.4 is 5.32 Å². The standard InChI is InChI=1S/C14H12ClNO3S/c1-14(13(18)19,9-5-3-2-4-6-9)16-12(17)11-10(15)7-8-20-11/h2-8H,1H3,(H,16,17)(H,18,19). The Bertz CT molecular complexity index is 641. The second kappa shape index (κ2) is 5.64. The molecule has 0 saturated heterocycles. The number of halogens is 1. The number of carbonyl (C=O) groups is 2. The van der Waals surface area contributed by atoms with Gasteiger partial charge in [-0.1, -0.05) is 41.9 Å². The van der Waals surface area contributed by atoms with Crippen LogP contribution in [0.25, 0.3) is 0 Å². The first kappa shape index (κ1) is 14.6. The third-order valence-corrected chi connectivity index (χ3v) is 4.31. The third-order valence-electron chi connectivity index (χ3n) is 2.97. The summed E-state index contributed by atoms with van der Waals surface area (Å²) in [7, 11) is 0. The summed E-state index contributed by atoms with van der Waals surface area (Å²) in [5.74, 6) is -1.64. The van der Waals surface area contributed by atoms with E-state index in [4.69, 9.17) is 11.6 Å². The number of aliphatic carboxylic acids is 1. The van der Waals surface area contributed by atoms with Gasteiger partial charge in [0.25, 0.3) is 5.91 Å². The highest BCUT2D eigenvalue weighted by Crippen LogP contribution is 2.25. The normalized spacial score (nSPS) is 13.5. The summed E-state index contributed by atoms with van der Waals surface area (Å²) in [5.41, 5.74) is -1.01. The minimum atomic E-state index is -1.51. The lowest BCUT2D eigenvalue weighted by atomic mass is 9.92. The largest absolute Gasteiger partial charge is 0.479 e. The maximum Gasteiger partial charge on any atom is 0.333 e. The quantitative estimate of drug-likeness (QED) is 0.912. The van der Waals surface area contributed by atoms with Crippen molar-refractivity contribution < 1.29 is 14.7 Å². The van der Waals surface area contributed by atoms with Gasteiger partial charge in [-0.25, -0.2) is 4.79 Å². The first-order valence-electron chi connectivity index (χ1n) is 5.79. The summed E-state index contributed by atoms with van der Waals surface area (Å²) >= 11 is 7.06. The molecule has 2 rings (SSSR count). The molecule has 0 radical (unpaired) electrons. The Balaban J connectivity index is 2.34. The van der Waals surface area contributed by atoms with Crippen molar-refractivity contribution in [3.8, 4) is 0 Å². The van der Waals surface area contributed by atoms with Crippen molar-refractivity contribution in [2.75, 3.05) is 0 Å². The molecule has 1 unspecified atom stereocenters. The molecule has 6 heteroatoms. The van der Waals surface area contributed by atoms with Crippen LogP contribution in [-0.4, -0.2) is 17.0 Å². The van der Waals surface area contributed by atoms with Crippen molar-refractivity contribution in [2.45, 2.75) is 12.5 Å². The summed E-state index contributed by atoms with van der Waals surface area (Å²) in [6.07, 6.45) is 0. The maximum atomic E-state index is 12.2. The fraction of sp³-hybridized carbons (Fsp3) is 0.143. The summed E-state index contributed by atoms with van der Waals surface area (Å²) < 4.78 is 0. The van der Waals surface area contributed by atoms with Crippen LogP contribution in [0.1, 0.15) is 22.2 Å². The van der Waals surface area contributed by atoms with E-state index in [1.165, 1.54) is 18.3 Å². The number of carbonyl (C=O) groups excluding carboxylic acids is 1. The van der Waals surface area contributed by atoms with Crippen molar-refractivity contribution in [3.63, 3.8) is 0 Å². The Morgan fingerprint density at radius 2 is 1.90 bits per heavy atom. The summed E-state index contributed by atoms with van der Waals surface area (Å²) in [6, 6.07) is 10.1. The summed E-state index contributed by atoms with van der Waals surface area (Å²) in [5, 5.41) is 14.0. The number of rotatable bonds is 4. The van der Waals surface area contributed by atoms with E-state index in [9.17, 15) is 14.7 Å². The second-order valence-corrected chi connectivity index (χ2v) is 5.67. The van der Waals surface area contributed by atoms with Crippen LogP contribution in [0.4, 0.5) is 0 Å². The molecule has 0 aliphatic carbocycles. The minimum Gasteiger partial charge on any atom is -0.479 e. The zero-order chi connectivity index (χ0) is 14.8. The molecule has 0 fully saturated rings. The molecule has 0 saturated carbocycles. The van der Waals surface area contributed by atoms with E-state index in [0.29, 0.717) is 15.5 Å². The number of nitrogens with one attached hydrogen (secondary N) is 1. The molecule has 0 bridgehead atoms. The number of carboxylic acids is 1. The highest BCUT2D eigenvalue weighted by atomic mass is 35.5. The predicted octanol–water partition coefficient (Wildman–Crippen LogP) is 3.13. The van der Waals surface area contributed by atoms with Gasteiger partial charge in [0.2, 0.25) is 0 Å². The van der Waals surface area contributed by atoms with Crippen molar-refractivity contribution >= 4 is 34.8 Å². The molecule has 1 atom stereocenters. The van der Waals surface area contributed by atoms with Crippen molar-refractivity contribution in [1.29, 1.82) is 0 Å². The van der Waals surface area contributed by atoms with Gasteiger partial charge >= 0.3 is 5.97 Å². The molecule has 2 aromatic rings. The minimum absolute atomic E-state index is 0.301. The number of amides is 1.